The van der Waals surface area contributed by atoms with Crippen LogP contribution < -0.4 is 16.0 Å². The van der Waals surface area contributed by atoms with Crippen LogP contribution >= 0.6 is 0 Å². The normalized spacial score (nSPS) is 23.7. The van der Waals surface area contributed by atoms with Gasteiger partial charge in [-0.3, -0.25) is 4.79 Å². The number of primary amides is 1. The number of carbonyl (C=O) groups is 1. The summed E-state index contributed by atoms with van der Waals surface area (Å²) < 4.78 is 5.45. The molecule has 24 heavy (non-hydrogen) atoms. The summed E-state index contributed by atoms with van der Waals surface area (Å²) in [4.78, 5) is 18.1. The van der Waals surface area contributed by atoms with Gasteiger partial charge in [-0.15, -0.1) is 0 Å². The van der Waals surface area contributed by atoms with E-state index in [2.05, 4.69) is 28.2 Å². The molecule has 3 heterocycles. The van der Waals surface area contributed by atoms with E-state index >= 15 is 0 Å². The average Bonchev–Trinajstić information content (AvgIpc) is 2.61. The predicted octanol–water partition coefficient (Wildman–Crippen LogP) is 2.01. The fraction of sp³-hybridized carbons (Fsp3) is 0.667. The van der Waals surface area contributed by atoms with Crippen LogP contribution in [0.4, 0.5) is 11.5 Å². The molecule has 0 spiro atoms. The molecule has 6 nitrogen and oxygen atoms in total. The maximum atomic E-state index is 11.4. The van der Waals surface area contributed by atoms with Gasteiger partial charge < -0.3 is 20.7 Å². The van der Waals surface area contributed by atoms with Crippen LogP contribution in [-0.4, -0.2) is 43.7 Å². The smallest absolute Gasteiger partial charge is 0.222 e. The number of pyridine rings is 1. The Kier molecular flexibility index (Phi) is 5.23. The lowest BCUT2D eigenvalue weighted by Gasteiger charge is -2.34. The zero-order valence-electron chi connectivity index (χ0n) is 14.5. The number of anilines is 2. The topological polar surface area (TPSA) is 80.5 Å². The van der Waals surface area contributed by atoms with E-state index in [1.54, 1.807) is 0 Å². The Morgan fingerprint density at radius 3 is 2.92 bits per heavy atom. The molecule has 0 bridgehead atoms. The van der Waals surface area contributed by atoms with E-state index in [-0.39, 0.29) is 11.8 Å². The van der Waals surface area contributed by atoms with Gasteiger partial charge in [0.2, 0.25) is 5.91 Å². The highest BCUT2D eigenvalue weighted by atomic mass is 16.5. The first-order valence-electron chi connectivity index (χ1n) is 8.88. The second kappa shape index (κ2) is 7.38. The Bertz CT molecular complexity index is 555. The molecule has 1 aromatic rings. The monoisotopic (exact) mass is 332 g/mol. The highest BCUT2D eigenvalue weighted by molar-refractivity contribution is 5.77. The molecule has 0 saturated carbocycles. The van der Waals surface area contributed by atoms with Crippen LogP contribution in [-0.2, 0) is 9.53 Å². The third-order valence-corrected chi connectivity index (χ3v) is 5.31. The Hall–Kier alpha value is -1.82. The number of nitrogens with two attached hydrogens (primary N) is 1. The Morgan fingerprint density at radius 1 is 1.46 bits per heavy atom. The van der Waals surface area contributed by atoms with E-state index in [1.165, 1.54) is 0 Å². The molecule has 2 aliphatic rings. The van der Waals surface area contributed by atoms with Gasteiger partial charge >= 0.3 is 0 Å². The minimum Gasteiger partial charge on any atom is -0.383 e. The summed E-state index contributed by atoms with van der Waals surface area (Å²) in [5, 5.41) is 3.50. The summed E-state index contributed by atoms with van der Waals surface area (Å²) in [6, 6.07) is 4.09. The minimum absolute atomic E-state index is 0.0631. The number of nitrogens with one attached hydrogen (secondary N) is 1. The molecule has 6 heteroatoms. The van der Waals surface area contributed by atoms with Gasteiger partial charge in [0.1, 0.15) is 5.82 Å². The SMILES string of the molecule is CC1(CNc2ccc(N3CCC[C@H](C(N)=O)C3)nc2)CCOCC1. The van der Waals surface area contributed by atoms with E-state index in [4.69, 9.17) is 10.5 Å². The average molecular weight is 332 g/mol. The molecule has 3 N–H and O–H groups in total. The first-order chi connectivity index (χ1) is 11.6. The number of amides is 1. The highest BCUT2D eigenvalue weighted by Gasteiger charge is 2.27. The fourth-order valence-electron chi connectivity index (χ4n) is 3.45. The van der Waals surface area contributed by atoms with Gasteiger partial charge in [-0.2, -0.15) is 0 Å². The molecule has 1 atom stereocenters. The summed E-state index contributed by atoms with van der Waals surface area (Å²) in [6.07, 6.45) is 5.93. The van der Waals surface area contributed by atoms with Crippen molar-refractivity contribution in [3.63, 3.8) is 0 Å². The van der Waals surface area contributed by atoms with Crippen LogP contribution in [0.25, 0.3) is 0 Å². The number of nitrogens with zero attached hydrogens (tertiary/aromatic N) is 2. The van der Waals surface area contributed by atoms with Crippen LogP contribution in [0.1, 0.15) is 32.6 Å². The van der Waals surface area contributed by atoms with E-state index in [1.807, 2.05) is 12.3 Å². The quantitative estimate of drug-likeness (QED) is 0.862. The van der Waals surface area contributed by atoms with Crippen LogP contribution in [0.15, 0.2) is 18.3 Å². The van der Waals surface area contributed by atoms with Crippen LogP contribution in [0.2, 0.25) is 0 Å². The van der Waals surface area contributed by atoms with Crippen molar-refractivity contribution < 1.29 is 9.53 Å². The molecular formula is C18H28N4O2. The molecule has 2 aliphatic heterocycles. The standard InChI is InChI=1S/C18H28N4O2/c1-18(6-9-24-10-7-18)13-21-15-4-5-16(20-11-15)22-8-2-3-14(12-22)17(19)23/h4-5,11,14,21H,2-3,6-10,12-13H2,1H3,(H2,19,23)/t14-/m0/s1. The van der Waals surface area contributed by atoms with Gasteiger partial charge in [-0.1, -0.05) is 6.92 Å². The summed E-state index contributed by atoms with van der Waals surface area (Å²) in [5.41, 5.74) is 6.78. The molecule has 2 saturated heterocycles. The van der Waals surface area contributed by atoms with Crippen molar-refractivity contribution in [1.29, 1.82) is 0 Å². The van der Waals surface area contributed by atoms with E-state index in [9.17, 15) is 4.79 Å². The second-order valence-electron chi connectivity index (χ2n) is 7.37. The van der Waals surface area contributed by atoms with Crippen molar-refractivity contribution >= 4 is 17.4 Å². The lowest BCUT2D eigenvalue weighted by molar-refractivity contribution is -0.122. The molecule has 0 aromatic carbocycles. The lowest BCUT2D eigenvalue weighted by atomic mass is 9.82. The van der Waals surface area contributed by atoms with Crippen molar-refractivity contribution in [2.75, 3.05) is 43.1 Å². The van der Waals surface area contributed by atoms with Gasteiger partial charge in [-0.25, -0.2) is 4.98 Å². The van der Waals surface area contributed by atoms with Gasteiger partial charge in [0, 0.05) is 32.8 Å². The molecular weight excluding hydrogens is 304 g/mol. The molecule has 1 aromatic heterocycles. The van der Waals surface area contributed by atoms with Crippen molar-refractivity contribution in [2.45, 2.75) is 32.6 Å². The lowest BCUT2D eigenvalue weighted by Crippen LogP contribution is -2.41. The summed E-state index contributed by atoms with van der Waals surface area (Å²) in [5.74, 6) is 0.651. The fourth-order valence-corrected chi connectivity index (χ4v) is 3.45. The number of carbonyl (C=O) groups excluding carboxylic acids is 1. The minimum atomic E-state index is -0.206. The van der Waals surface area contributed by atoms with Gasteiger partial charge in [0.05, 0.1) is 17.8 Å². The molecule has 0 aliphatic carbocycles. The molecule has 132 valence electrons. The van der Waals surface area contributed by atoms with Gasteiger partial charge in [0.25, 0.3) is 0 Å². The molecule has 0 radical (unpaired) electrons. The zero-order valence-corrected chi connectivity index (χ0v) is 14.5. The molecule has 1 amide bonds. The Morgan fingerprint density at radius 2 is 2.25 bits per heavy atom. The van der Waals surface area contributed by atoms with Crippen molar-refractivity contribution in [1.82, 2.24) is 4.98 Å². The molecule has 3 rings (SSSR count). The van der Waals surface area contributed by atoms with Crippen molar-refractivity contribution in [2.24, 2.45) is 17.1 Å². The zero-order chi connectivity index (χ0) is 17.0. The van der Waals surface area contributed by atoms with Crippen LogP contribution in [0, 0.1) is 11.3 Å². The maximum absolute atomic E-state index is 11.4. The van der Waals surface area contributed by atoms with Crippen molar-refractivity contribution in [3.8, 4) is 0 Å². The first-order valence-corrected chi connectivity index (χ1v) is 8.88. The predicted molar refractivity (Wildman–Crippen MR) is 95.0 cm³/mol. The number of hydrogen-bond donors (Lipinski definition) is 2. The van der Waals surface area contributed by atoms with E-state index in [0.29, 0.717) is 12.0 Å². The number of rotatable bonds is 5. The van der Waals surface area contributed by atoms with Gasteiger partial charge in [0.15, 0.2) is 0 Å². The van der Waals surface area contributed by atoms with Crippen molar-refractivity contribution in [3.05, 3.63) is 18.3 Å². The summed E-state index contributed by atoms with van der Waals surface area (Å²) in [7, 11) is 0. The highest BCUT2D eigenvalue weighted by Crippen LogP contribution is 2.30. The second-order valence-corrected chi connectivity index (χ2v) is 7.37. The third kappa shape index (κ3) is 4.17. The van der Waals surface area contributed by atoms with Crippen LogP contribution in [0.3, 0.4) is 0 Å². The van der Waals surface area contributed by atoms with Gasteiger partial charge in [-0.05, 0) is 43.2 Å². The number of piperidine rings is 1. The van der Waals surface area contributed by atoms with Crippen LogP contribution in [0.5, 0.6) is 0 Å². The summed E-state index contributed by atoms with van der Waals surface area (Å²) in [6.45, 7) is 6.55. The third-order valence-electron chi connectivity index (χ3n) is 5.31. The number of hydrogen-bond acceptors (Lipinski definition) is 5. The summed E-state index contributed by atoms with van der Waals surface area (Å²) >= 11 is 0. The largest absolute Gasteiger partial charge is 0.383 e. The Labute approximate surface area is 143 Å². The molecule has 0 unspecified atom stereocenters. The number of aromatic nitrogens is 1. The first kappa shape index (κ1) is 17.0. The van der Waals surface area contributed by atoms with E-state index in [0.717, 1.165) is 63.5 Å². The number of ether oxygens (including phenoxy) is 1. The van der Waals surface area contributed by atoms with E-state index < -0.39 is 0 Å². The maximum Gasteiger partial charge on any atom is 0.222 e. The Balaban J connectivity index is 1.56. The molecule has 2 fully saturated rings.